The molecule has 1 aliphatic heterocycles. The normalized spacial score (nSPS) is 20.1. The summed E-state index contributed by atoms with van der Waals surface area (Å²) in [6.07, 6.45) is 3.01. The van der Waals surface area contributed by atoms with Crippen molar-refractivity contribution in [2.45, 2.75) is 12.5 Å². The topological polar surface area (TPSA) is 47.0 Å². The molecule has 1 aromatic heterocycles. The van der Waals surface area contributed by atoms with Gasteiger partial charge in [-0.1, -0.05) is 18.2 Å². The number of rotatable bonds is 2. The third kappa shape index (κ3) is 1.72. The lowest BCUT2D eigenvalue weighted by Crippen LogP contribution is -2.20. The summed E-state index contributed by atoms with van der Waals surface area (Å²) in [5.41, 5.74) is 0. The van der Waals surface area contributed by atoms with Crippen molar-refractivity contribution in [2.75, 3.05) is 13.1 Å². The van der Waals surface area contributed by atoms with Gasteiger partial charge in [0.15, 0.2) is 0 Å². The van der Waals surface area contributed by atoms with Gasteiger partial charge in [0.25, 0.3) is 0 Å². The monoisotopic (exact) mass is 215 g/mol. The van der Waals surface area contributed by atoms with Crippen molar-refractivity contribution in [1.29, 1.82) is 0 Å². The summed E-state index contributed by atoms with van der Waals surface area (Å²) < 4.78 is 5.85. The van der Waals surface area contributed by atoms with Gasteiger partial charge in [-0.2, -0.15) is 5.10 Å². The van der Waals surface area contributed by atoms with E-state index in [-0.39, 0.29) is 6.10 Å². The molecular weight excluding hydrogens is 202 g/mol. The van der Waals surface area contributed by atoms with E-state index in [0.717, 1.165) is 30.3 Å². The summed E-state index contributed by atoms with van der Waals surface area (Å²) >= 11 is 0. The fourth-order valence-corrected chi connectivity index (χ4v) is 1.98. The van der Waals surface area contributed by atoms with E-state index in [4.69, 9.17) is 4.74 Å². The van der Waals surface area contributed by atoms with Crippen molar-refractivity contribution < 1.29 is 4.74 Å². The van der Waals surface area contributed by atoms with Crippen molar-refractivity contribution in [1.82, 2.24) is 15.5 Å². The summed E-state index contributed by atoms with van der Waals surface area (Å²) in [6.45, 7) is 1.91. The first-order valence-corrected chi connectivity index (χ1v) is 5.51. The highest BCUT2D eigenvalue weighted by molar-refractivity contribution is 5.85. The number of hydrogen-bond donors (Lipinski definition) is 1. The molecule has 0 bridgehead atoms. The Labute approximate surface area is 93.6 Å². The Hall–Kier alpha value is -1.68. The zero-order valence-corrected chi connectivity index (χ0v) is 8.89. The molecular formula is C12H13N3O. The first kappa shape index (κ1) is 9.54. The van der Waals surface area contributed by atoms with Gasteiger partial charge in [0, 0.05) is 17.3 Å². The zero-order valence-electron chi connectivity index (χ0n) is 8.89. The second-order valence-corrected chi connectivity index (χ2v) is 3.97. The lowest BCUT2D eigenvalue weighted by Gasteiger charge is -2.12. The van der Waals surface area contributed by atoms with Crippen molar-refractivity contribution in [3.63, 3.8) is 0 Å². The molecule has 2 aromatic rings. The van der Waals surface area contributed by atoms with Crippen LogP contribution in [0.5, 0.6) is 5.88 Å². The number of nitrogens with zero attached hydrogens (tertiary/aromatic N) is 2. The van der Waals surface area contributed by atoms with Crippen LogP contribution in [0.2, 0.25) is 0 Å². The van der Waals surface area contributed by atoms with Crippen LogP contribution in [0.3, 0.4) is 0 Å². The second kappa shape index (κ2) is 4.06. The standard InChI is InChI=1S/C12H13N3O/c1-2-4-11-9(3-1)7-14-15-12(11)16-10-5-6-13-8-10/h1-4,7,10,13H,5-6,8H2. The Bertz CT molecular complexity index is 489. The molecule has 0 spiro atoms. The van der Waals surface area contributed by atoms with Gasteiger partial charge >= 0.3 is 0 Å². The molecule has 82 valence electrons. The van der Waals surface area contributed by atoms with Crippen molar-refractivity contribution in [3.8, 4) is 5.88 Å². The van der Waals surface area contributed by atoms with Crippen LogP contribution in [-0.4, -0.2) is 29.4 Å². The Morgan fingerprint density at radius 1 is 1.31 bits per heavy atom. The molecule has 0 aliphatic carbocycles. The lowest BCUT2D eigenvalue weighted by molar-refractivity contribution is 0.215. The molecule has 3 rings (SSSR count). The maximum atomic E-state index is 5.85. The number of ether oxygens (including phenoxy) is 1. The predicted molar refractivity (Wildman–Crippen MR) is 61.4 cm³/mol. The molecule has 0 saturated carbocycles. The van der Waals surface area contributed by atoms with Crippen LogP contribution < -0.4 is 10.1 Å². The fourth-order valence-electron chi connectivity index (χ4n) is 1.98. The minimum atomic E-state index is 0.222. The van der Waals surface area contributed by atoms with E-state index < -0.39 is 0 Å². The fraction of sp³-hybridized carbons (Fsp3) is 0.333. The first-order chi connectivity index (χ1) is 7.93. The van der Waals surface area contributed by atoms with Crippen molar-refractivity contribution in [3.05, 3.63) is 30.5 Å². The number of nitrogens with one attached hydrogen (secondary N) is 1. The van der Waals surface area contributed by atoms with Gasteiger partial charge in [-0.05, 0) is 19.0 Å². The maximum absolute atomic E-state index is 5.85. The predicted octanol–water partition coefficient (Wildman–Crippen LogP) is 1.37. The quantitative estimate of drug-likeness (QED) is 0.822. The molecule has 1 fully saturated rings. The van der Waals surface area contributed by atoms with Gasteiger partial charge < -0.3 is 10.1 Å². The summed E-state index contributed by atoms with van der Waals surface area (Å²) in [4.78, 5) is 0. The average Bonchev–Trinajstić information content (AvgIpc) is 2.82. The highest BCUT2D eigenvalue weighted by atomic mass is 16.5. The van der Waals surface area contributed by atoms with E-state index >= 15 is 0 Å². The Morgan fingerprint density at radius 3 is 3.12 bits per heavy atom. The van der Waals surface area contributed by atoms with Crippen LogP contribution in [0.4, 0.5) is 0 Å². The molecule has 1 aromatic carbocycles. The van der Waals surface area contributed by atoms with E-state index in [0.29, 0.717) is 5.88 Å². The van der Waals surface area contributed by atoms with Crippen LogP contribution in [0.1, 0.15) is 6.42 Å². The molecule has 4 heteroatoms. The van der Waals surface area contributed by atoms with Crippen LogP contribution in [0.15, 0.2) is 30.5 Å². The van der Waals surface area contributed by atoms with Gasteiger partial charge in [0.2, 0.25) is 5.88 Å². The summed E-state index contributed by atoms with van der Waals surface area (Å²) in [5.74, 6) is 0.645. The SMILES string of the molecule is c1ccc2c(OC3CCNC3)nncc2c1. The van der Waals surface area contributed by atoms with E-state index in [9.17, 15) is 0 Å². The number of hydrogen-bond acceptors (Lipinski definition) is 4. The molecule has 2 heterocycles. The van der Waals surface area contributed by atoms with E-state index in [2.05, 4.69) is 15.5 Å². The summed E-state index contributed by atoms with van der Waals surface area (Å²) in [5, 5.41) is 13.4. The second-order valence-electron chi connectivity index (χ2n) is 3.97. The smallest absolute Gasteiger partial charge is 0.241 e. The molecule has 0 amide bonds. The van der Waals surface area contributed by atoms with Crippen molar-refractivity contribution in [2.24, 2.45) is 0 Å². The molecule has 1 N–H and O–H groups in total. The molecule has 1 atom stereocenters. The number of aromatic nitrogens is 2. The third-order valence-corrected chi connectivity index (χ3v) is 2.83. The molecule has 4 nitrogen and oxygen atoms in total. The molecule has 1 aliphatic rings. The number of benzene rings is 1. The zero-order chi connectivity index (χ0) is 10.8. The van der Waals surface area contributed by atoms with Gasteiger partial charge in [-0.15, -0.1) is 5.10 Å². The Balaban J connectivity index is 1.96. The molecule has 16 heavy (non-hydrogen) atoms. The molecule has 1 saturated heterocycles. The van der Waals surface area contributed by atoms with E-state index in [1.54, 1.807) is 6.20 Å². The van der Waals surface area contributed by atoms with Gasteiger partial charge in [-0.25, -0.2) is 0 Å². The maximum Gasteiger partial charge on any atom is 0.241 e. The first-order valence-electron chi connectivity index (χ1n) is 5.51. The highest BCUT2D eigenvalue weighted by Crippen LogP contribution is 2.23. The molecule has 1 unspecified atom stereocenters. The van der Waals surface area contributed by atoms with Crippen LogP contribution in [0, 0.1) is 0 Å². The Kier molecular flexibility index (Phi) is 2.42. The largest absolute Gasteiger partial charge is 0.471 e. The van der Waals surface area contributed by atoms with Crippen molar-refractivity contribution >= 4 is 10.8 Å². The summed E-state index contributed by atoms with van der Waals surface area (Å²) in [6, 6.07) is 8.01. The van der Waals surface area contributed by atoms with Gasteiger partial charge in [0.1, 0.15) is 6.10 Å². The Morgan fingerprint density at radius 2 is 2.25 bits per heavy atom. The van der Waals surface area contributed by atoms with E-state index in [1.807, 2.05) is 24.3 Å². The van der Waals surface area contributed by atoms with Crippen LogP contribution >= 0.6 is 0 Å². The van der Waals surface area contributed by atoms with E-state index in [1.165, 1.54) is 0 Å². The number of fused-ring (bicyclic) bond motifs is 1. The minimum absolute atomic E-state index is 0.222. The highest BCUT2D eigenvalue weighted by Gasteiger charge is 2.17. The third-order valence-electron chi connectivity index (χ3n) is 2.83. The van der Waals surface area contributed by atoms with Crippen LogP contribution in [0.25, 0.3) is 10.8 Å². The molecule has 0 radical (unpaired) electrons. The lowest BCUT2D eigenvalue weighted by atomic mass is 10.2. The van der Waals surface area contributed by atoms with Gasteiger partial charge in [0.05, 0.1) is 6.20 Å². The minimum Gasteiger partial charge on any atom is -0.471 e. The van der Waals surface area contributed by atoms with Gasteiger partial charge in [-0.3, -0.25) is 0 Å². The summed E-state index contributed by atoms with van der Waals surface area (Å²) in [7, 11) is 0. The average molecular weight is 215 g/mol. The van der Waals surface area contributed by atoms with Crippen LogP contribution in [-0.2, 0) is 0 Å².